The Morgan fingerprint density at radius 1 is 1.47 bits per heavy atom. The molecule has 6 heteroatoms. The fraction of sp³-hybridized carbons (Fsp3) is 0.538. The Balaban J connectivity index is 2.16. The van der Waals surface area contributed by atoms with Crippen LogP contribution in [0.1, 0.15) is 12.8 Å². The lowest BCUT2D eigenvalue weighted by Gasteiger charge is -2.28. The molecule has 0 bridgehead atoms. The van der Waals surface area contributed by atoms with Gasteiger partial charge in [-0.15, -0.1) is 0 Å². The van der Waals surface area contributed by atoms with Crippen LogP contribution in [0.4, 0.5) is 15.8 Å². The molecule has 1 saturated heterocycles. The predicted molar refractivity (Wildman–Crippen MR) is 71.9 cm³/mol. The Labute approximate surface area is 111 Å². The van der Waals surface area contributed by atoms with E-state index in [1.54, 1.807) is 18.0 Å². The zero-order valence-corrected chi connectivity index (χ0v) is 10.9. The van der Waals surface area contributed by atoms with Crippen molar-refractivity contribution in [3.8, 4) is 0 Å². The maximum atomic E-state index is 13.6. The van der Waals surface area contributed by atoms with Gasteiger partial charge < -0.3 is 10.2 Å². The van der Waals surface area contributed by atoms with Crippen LogP contribution in [0.2, 0.25) is 0 Å². The molecule has 1 aromatic carbocycles. The van der Waals surface area contributed by atoms with Crippen molar-refractivity contribution < 1.29 is 9.31 Å². The molecule has 1 aromatic rings. The fourth-order valence-electron chi connectivity index (χ4n) is 2.54. The van der Waals surface area contributed by atoms with Gasteiger partial charge in [0.1, 0.15) is 5.69 Å². The lowest BCUT2D eigenvalue weighted by molar-refractivity contribution is -0.386. The molecular formula is C13H18FN3O2. The molecule has 1 aliphatic rings. The van der Waals surface area contributed by atoms with Gasteiger partial charge in [-0.2, -0.15) is 4.39 Å². The van der Waals surface area contributed by atoms with Crippen molar-refractivity contribution in [2.24, 2.45) is 5.92 Å². The van der Waals surface area contributed by atoms with Gasteiger partial charge in [0.25, 0.3) is 0 Å². The Morgan fingerprint density at radius 2 is 2.16 bits per heavy atom. The van der Waals surface area contributed by atoms with E-state index >= 15 is 0 Å². The first kappa shape index (κ1) is 13.7. The van der Waals surface area contributed by atoms with Gasteiger partial charge in [-0.3, -0.25) is 10.1 Å². The zero-order chi connectivity index (χ0) is 13.8. The molecule has 5 nitrogen and oxygen atoms in total. The van der Waals surface area contributed by atoms with E-state index < -0.39 is 16.4 Å². The standard InChI is InChI=1S/C13H18FN3O2/c1-16(9-10-5-7-15-8-6-10)12-4-2-3-11(14)13(12)17(18)19/h2-4,10,15H,5-9H2,1H3. The molecule has 1 heterocycles. The number of halogens is 1. The number of benzene rings is 1. The predicted octanol–water partition coefficient (Wildman–Crippen LogP) is 2.17. The van der Waals surface area contributed by atoms with Crippen molar-refractivity contribution >= 4 is 11.4 Å². The van der Waals surface area contributed by atoms with Crippen molar-refractivity contribution in [3.05, 3.63) is 34.1 Å². The number of nitrogens with one attached hydrogen (secondary N) is 1. The molecule has 0 atom stereocenters. The molecule has 19 heavy (non-hydrogen) atoms. The van der Waals surface area contributed by atoms with Gasteiger partial charge in [-0.25, -0.2) is 0 Å². The van der Waals surface area contributed by atoms with Crippen LogP contribution in [-0.2, 0) is 0 Å². The lowest BCUT2D eigenvalue weighted by Crippen LogP contribution is -2.34. The summed E-state index contributed by atoms with van der Waals surface area (Å²) in [7, 11) is 1.78. The first-order valence-corrected chi connectivity index (χ1v) is 6.44. The maximum Gasteiger partial charge on any atom is 0.327 e. The van der Waals surface area contributed by atoms with Gasteiger partial charge in [0.05, 0.1) is 4.92 Å². The second-order valence-corrected chi connectivity index (χ2v) is 4.94. The molecule has 0 radical (unpaired) electrons. The molecule has 2 rings (SSSR count). The Hall–Kier alpha value is -1.69. The van der Waals surface area contributed by atoms with E-state index in [-0.39, 0.29) is 0 Å². The fourth-order valence-corrected chi connectivity index (χ4v) is 2.54. The van der Waals surface area contributed by atoms with Crippen molar-refractivity contribution in [1.29, 1.82) is 0 Å². The molecule has 0 unspecified atom stereocenters. The van der Waals surface area contributed by atoms with E-state index in [2.05, 4.69) is 5.32 Å². The number of hydrogen-bond acceptors (Lipinski definition) is 4. The zero-order valence-electron chi connectivity index (χ0n) is 10.9. The molecule has 0 aliphatic carbocycles. The van der Waals surface area contributed by atoms with Gasteiger partial charge >= 0.3 is 5.69 Å². The summed E-state index contributed by atoms with van der Waals surface area (Å²) in [5.41, 5.74) is -0.0810. The summed E-state index contributed by atoms with van der Waals surface area (Å²) in [6.07, 6.45) is 2.10. The minimum absolute atomic E-state index is 0.350. The highest BCUT2D eigenvalue weighted by Gasteiger charge is 2.24. The van der Waals surface area contributed by atoms with Crippen LogP contribution < -0.4 is 10.2 Å². The van der Waals surface area contributed by atoms with E-state index in [9.17, 15) is 14.5 Å². The van der Waals surface area contributed by atoms with Crippen LogP contribution in [0.15, 0.2) is 18.2 Å². The maximum absolute atomic E-state index is 13.6. The molecule has 0 spiro atoms. The largest absolute Gasteiger partial charge is 0.369 e. The Kier molecular flexibility index (Phi) is 4.31. The minimum Gasteiger partial charge on any atom is -0.369 e. The van der Waals surface area contributed by atoms with Crippen molar-refractivity contribution in [1.82, 2.24) is 5.32 Å². The first-order chi connectivity index (χ1) is 9.09. The molecule has 0 saturated carbocycles. The minimum atomic E-state index is -0.778. The van der Waals surface area contributed by atoms with Crippen molar-refractivity contribution in [2.75, 3.05) is 31.6 Å². The van der Waals surface area contributed by atoms with Crippen molar-refractivity contribution in [2.45, 2.75) is 12.8 Å². The van der Waals surface area contributed by atoms with Crippen LogP contribution in [0.5, 0.6) is 0 Å². The summed E-state index contributed by atoms with van der Waals surface area (Å²) in [6.45, 7) is 2.67. The van der Waals surface area contributed by atoms with E-state index in [0.717, 1.165) is 32.0 Å². The van der Waals surface area contributed by atoms with Crippen LogP contribution in [0, 0.1) is 21.8 Å². The van der Waals surface area contributed by atoms with Gasteiger partial charge in [0.2, 0.25) is 5.82 Å². The third-order valence-corrected chi connectivity index (χ3v) is 3.55. The van der Waals surface area contributed by atoms with Crippen LogP contribution in [0.3, 0.4) is 0 Å². The lowest BCUT2D eigenvalue weighted by atomic mass is 9.97. The highest BCUT2D eigenvalue weighted by Crippen LogP contribution is 2.31. The summed E-state index contributed by atoms with van der Waals surface area (Å²) >= 11 is 0. The SMILES string of the molecule is CN(CC1CCNCC1)c1cccc(F)c1[N+](=O)[O-]. The molecule has 1 fully saturated rings. The van der Waals surface area contributed by atoms with E-state index in [1.165, 1.54) is 6.07 Å². The van der Waals surface area contributed by atoms with Gasteiger partial charge in [-0.05, 0) is 44.0 Å². The number of nitrogens with zero attached hydrogens (tertiary/aromatic N) is 2. The molecule has 0 aromatic heterocycles. The number of para-hydroxylation sites is 1. The smallest absolute Gasteiger partial charge is 0.327 e. The van der Waals surface area contributed by atoms with Crippen LogP contribution >= 0.6 is 0 Å². The van der Waals surface area contributed by atoms with E-state index in [1.807, 2.05) is 0 Å². The van der Waals surface area contributed by atoms with Crippen LogP contribution in [-0.4, -0.2) is 31.6 Å². The number of anilines is 1. The highest BCUT2D eigenvalue weighted by atomic mass is 19.1. The van der Waals surface area contributed by atoms with Gasteiger partial charge in [0, 0.05) is 13.6 Å². The average molecular weight is 267 g/mol. The third kappa shape index (κ3) is 3.20. The van der Waals surface area contributed by atoms with Crippen molar-refractivity contribution in [3.63, 3.8) is 0 Å². The number of hydrogen-bond donors (Lipinski definition) is 1. The highest BCUT2D eigenvalue weighted by molar-refractivity contribution is 5.63. The average Bonchev–Trinajstić information content (AvgIpc) is 2.39. The second kappa shape index (κ2) is 5.97. The topological polar surface area (TPSA) is 58.4 Å². The van der Waals surface area contributed by atoms with E-state index in [0.29, 0.717) is 18.2 Å². The second-order valence-electron chi connectivity index (χ2n) is 4.94. The number of rotatable bonds is 4. The summed E-state index contributed by atoms with van der Waals surface area (Å²) in [6, 6.07) is 4.24. The summed E-state index contributed by atoms with van der Waals surface area (Å²) in [4.78, 5) is 12.1. The molecular weight excluding hydrogens is 249 g/mol. The third-order valence-electron chi connectivity index (χ3n) is 3.55. The summed E-state index contributed by atoms with van der Waals surface area (Å²) < 4.78 is 13.6. The monoisotopic (exact) mass is 267 g/mol. The van der Waals surface area contributed by atoms with Gasteiger partial charge in [-0.1, -0.05) is 6.07 Å². The molecule has 104 valence electrons. The Morgan fingerprint density at radius 3 is 2.79 bits per heavy atom. The van der Waals surface area contributed by atoms with E-state index in [4.69, 9.17) is 0 Å². The molecule has 0 amide bonds. The number of nitro groups is 1. The normalized spacial score (nSPS) is 16.3. The number of nitro benzene ring substituents is 1. The molecule has 1 aliphatic heterocycles. The van der Waals surface area contributed by atoms with Crippen LogP contribution in [0.25, 0.3) is 0 Å². The Bertz CT molecular complexity index is 461. The van der Waals surface area contributed by atoms with Gasteiger partial charge in [0.15, 0.2) is 0 Å². The number of piperidine rings is 1. The molecule has 1 N–H and O–H groups in total. The summed E-state index contributed by atoms with van der Waals surface area (Å²) in [5.74, 6) is -0.284. The quantitative estimate of drug-likeness (QED) is 0.671. The summed E-state index contributed by atoms with van der Waals surface area (Å²) in [5, 5.41) is 14.2. The first-order valence-electron chi connectivity index (χ1n) is 6.44.